The average Bonchev–Trinajstić information content (AvgIpc) is 3.83. The predicted molar refractivity (Wildman–Crippen MR) is 215 cm³/mol. The fourth-order valence-corrected chi connectivity index (χ4v) is 9.21. The van der Waals surface area contributed by atoms with Crippen molar-refractivity contribution in [2.24, 2.45) is 31.6 Å². The molecule has 1 saturated carbocycles. The number of carbonyl (C=O) groups excluding carboxylic acids is 1. The SMILES string of the molecule is CCCCC1=N[C@@](C)(C2CCCCC2)C(=O)N1Cc1ccc(-c2ccccc2C2(C(c3ccccc3)(c3ccccc3)c3ccccc3)N=NN=N2)cc1. The molecule has 7 heteroatoms. The summed E-state index contributed by atoms with van der Waals surface area (Å²) in [7, 11) is 0. The number of nitrogens with zero attached hydrogens (tertiary/aromatic N) is 6. The van der Waals surface area contributed by atoms with Crippen LogP contribution in [0.25, 0.3) is 11.1 Å². The molecule has 1 fully saturated rings. The van der Waals surface area contributed by atoms with Crippen LogP contribution in [0.2, 0.25) is 0 Å². The van der Waals surface area contributed by atoms with Gasteiger partial charge in [0, 0.05) is 12.0 Å². The van der Waals surface area contributed by atoms with E-state index < -0.39 is 16.6 Å². The highest BCUT2D eigenvalue weighted by Gasteiger charge is 2.60. The predicted octanol–water partition coefficient (Wildman–Crippen LogP) is 11.6. The van der Waals surface area contributed by atoms with Crippen molar-refractivity contribution >= 4 is 11.7 Å². The Bertz CT molecular complexity index is 2050. The summed E-state index contributed by atoms with van der Waals surface area (Å²) in [4.78, 5) is 21.4. The molecule has 3 aliphatic rings. The normalized spacial score (nSPS) is 19.7. The van der Waals surface area contributed by atoms with Crippen molar-refractivity contribution in [2.75, 3.05) is 0 Å². The van der Waals surface area contributed by atoms with Crippen LogP contribution < -0.4 is 0 Å². The lowest BCUT2D eigenvalue weighted by atomic mass is 9.59. The topological polar surface area (TPSA) is 82.1 Å². The number of carbonyl (C=O) groups is 1. The lowest BCUT2D eigenvalue weighted by Crippen LogP contribution is -2.48. The van der Waals surface area contributed by atoms with E-state index in [2.05, 4.69) is 140 Å². The fraction of sp³-hybridized carbons (Fsp3) is 0.319. The third-order valence-corrected chi connectivity index (χ3v) is 12.0. The molecule has 0 saturated heterocycles. The molecular weight excluding hydrogens is 665 g/mol. The van der Waals surface area contributed by atoms with Crippen LogP contribution in [0.4, 0.5) is 0 Å². The van der Waals surface area contributed by atoms with Gasteiger partial charge in [-0.05, 0) is 75.9 Å². The van der Waals surface area contributed by atoms with Crippen LogP contribution in [0.1, 0.15) is 93.0 Å². The van der Waals surface area contributed by atoms with E-state index in [1.165, 1.54) is 19.3 Å². The lowest BCUT2D eigenvalue weighted by Gasteiger charge is -2.45. The van der Waals surface area contributed by atoms with Crippen molar-refractivity contribution in [3.05, 3.63) is 167 Å². The zero-order valence-corrected chi connectivity index (χ0v) is 31.3. The Kier molecular flexibility index (Phi) is 9.89. The van der Waals surface area contributed by atoms with Crippen molar-refractivity contribution in [1.82, 2.24) is 4.90 Å². The highest BCUT2D eigenvalue weighted by molar-refractivity contribution is 6.08. The quantitative estimate of drug-likeness (QED) is 0.119. The lowest BCUT2D eigenvalue weighted by molar-refractivity contribution is -0.133. The van der Waals surface area contributed by atoms with E-state index in [4.69, 9.17) is 15.2 Å². The summed E-state index contributed by atoms with van der Waals surface area (Å²) in [6, 6.07) is 48.4. The van der Waals surface area contributed by atoms with E-state index in [9.17, 15) is 4.79 Å². The first-order chi connectivity index (χ1) is 26.5. The summed E-state index contributed by atoms with van der Waals surface area (Å²) >= 11 is 0. The Morgan fingerprint density at radius 3 is 1.78 bits per heavy atom. The van der Waals surface area contributed by atoms with Crippen molar-refractivity contribution in [3.63, 3.8) is 0 Å². The molecule has 0 radical (unpaired) electrons. The van der Waals surface area contributed by atoms with E-state index in [-0.39, 0.29) is 5.91 Å². The smallest absolute Gasteiger partial charge is 0.256 e. The fourth-order valence-electron chi connectivity index (χ4n) is 9.21. The molecule has 5 aromatic carbocycles. The minimum Gasteiger partial charge on any atom is -0.294 e. The number of aliphatic imine (C=N–C) groups is 1. The van der Waals surface area contributed by atoms with Crippen LogP contribution in [0.3, 0.4) is 0 Å². The molecule has 0 unspecified atom stereocenters. The van der Waals surface area contributed by atoms with Gasteiger partial charge < -0.3 is 0 Å². The van der Waals surface area contributed by atoms with Crippen LogP contribution in [-0.2, 0) is 22.4 Å². The van der Waals surface area contributed by atoms with Crippen LogP contribution in [0, 0.1) is 5.92 Å². The molecule has 1 aliphatic carbocycles. The summed E-state index contributed by atoms with van der Waals surface area (Å²) in [5.41, 5.74) is 4.21. The van der Waals surface area contributed by atoms with Gasteiger partial charge in [0.2, 0.25) is 5.66 Å². The molecule has 0 aromatic heterocycles. The van der Waals surface area contributed by atoms with E-state index in [0.717, 1.165) is 76.9 Å². The molecule has 2 heterocycles. The molecule has 272 valence electrons. The second-order valence-corrected chi connectivity index (χ2v) is 15.1. The van der Waals surface area contributed by atoms with Crippen LogP contribution in [-0.4, -0.2) is 22.2 Å². The van der Waals surface area contributed by atoms with E-state index >= 15 is 0 Å². The standard InChI is InChI=1S/C47H48N6O/c1-3-4-29-43-48-45(2,37-19-9-5-10-20-37)44(54)53(43)34-35-30-32-36(33-31-35)41-27-17-18-28-42(41)47(49-51-52-50-47)46(38-21-11-6-12-22-38,39-23-13-7-14-24-39)40-25-15-8-16-26-40/h6-8,11-18,21-28,30-33,37H,3-5,9-10,19-20,29,34H2,1-2H3/t45-/m0/s1. The zero-order chi connectivity index (χ0) is 37.0. The molecule has 0 bridgehead atoms. The van der Waals surface area contributed by atoms with Gasteiger partial charge in [-0.1, -0.05) is 172 Å². The molecule has 1 atom stereocenters. The summed E-state index contributed by atoms with van der Waals surface area (Å²) < 4.78 is 0. The third kappa shape index (κ3) is 6.00. The zero-order valence-electron chi connectivity index (χ0n) is 31.3. The highest BCUT2D eigenvalue weighted by Crippen LogP contribution is 2.58. The van der Waals surface area contributed by atoms with Gasteiger partial charge >= 0.3 is 0 Å². The second-order valence-electron chi connectivity index (χ2n) is 15.1. The first kappa shape index (κ1) is 35.5. The molecule has 2 aliphatic heterocycles. The minimum absolute atomic E-state index is 0.160. The van der Waals surface area contributed by atoms with Gasteiger partial charge in [-0.25, -0.2) is 0 Å². The van der Waals surface area contributed by atoms with Gasteiger partial charge in [0.05, 0.1) is 12.0 Å². The first-order valence-corrected chi connectivity index (χ1v) is 19.6. The molecule has 0 spiro atoms. The van der Waals surface area contributed by atoms with E-state index in [0.29, 0.717) is 12.5 Å². The summed E-state index contributed by atoms with van der Waals surface area (Å²) in [6.07, 6.45) is 8.69. The van der Waals surface area contributed by atoms with Gasteiger partial charge in [-0.3, -0.25) is 14.7 Å². The summed E-state index contributed by atoms with van der Waals surface area (Å²) in [5, 5.41) is 18.6. The van der Waals surface area contributed by atoms with Crippen molar-refractivity contribution in [2.45, 2.75) is 88.4 Å². The van der Waals surface area contributed by atoms with Gasteiger partial charge in [0.25, 0.3) is 5.91 Å². The first-order valence-electron chi connectivity index (χ1n) is 19.6. The van der Waals surface area contributed by atoms with Gasteiger partial charge in [-0.2, -0.15) is 0 Å². The van der Waals surface area contributed by atoms with Crippen LogP contribution in [0.5, 0.6) is 0 Å². The molecule has 8 rings (SSSR count). The largest absolute Gasteiger partial charge is 0.294 e. The van der Waals surface area contributed by atoms with Crippen molar-refractivity contribution in [1.29, 1.82) is 0 Å². The average molecular weight is 713 g/mol. The third-order valence-electron chi connectivity index (χ3n) is 12.0. The molecule has 1 amide bonds. The number of amides is 1. The molecule has 0 N–H and O–H groups in total. The molecule has 5 aromatic rings. The van der Waals surface area contributed by atoms with Crippen LogP contribution >= 0.6 is 0 Å². The van der Waals surface area contributed by atoms with Crippen molar-refractivity contribution < 1.29 is 4.79 Å². The number of hydrogen-bond acceptors (Lipinski definition) is 6. The Hall–Kier alpha value is -5.56. The molecule has 54 heavy (non-hydrogen) atoms. The number of benzene rings is 5. The number of amidine groups is 1. The number of rotatable bonds is 12. The Labute approximate surface area is 319 Å². The maximum absolute atomic E-state index is 14.2. The van der Waals surface area contributed by atoms with E-state index in [1.807, 2.05) is 29.2 Å². The highest BCUT2D eigenvalue weighted by atomic mass is 16.2. The monoisotopic (exact) mass is 712 g/mol. The number of hydrogen-bond donors (Lipinski definition) is 0. The molecular formula is C47H48N6O. The van der Waals surface area contributed by atoms with Gasteiger partial charge in [0.15, 0.2) is 0 Å². The molecule has 7 nitrogen and oxygen atoms in total. The number of unbranched alkanes of at least 4 members (excludes halogenated alkanes) is 1. The van der Waals surface area contributed by atoms with Gasteiger partial charge in [0.1, 0.15) is 11.4 Å². The van der Waals surface area contributed by atoms with E-state index in [1.54, 1.807) is 0 Å². The maximum Gasteiger partial charge on any atom is 0.256 e. The van der Waals surface area contributed by atoms with Crippen molar-refractivity contribution in [3.8, 4) is 11.1 Å². The Balaban J connectivity index is 1.21. The van der Waals surface area contributed by atoms with Gasteiger partial charge in [-0.15, -0.1) is 10.2 Å². The van der Waals surface area contributed by atoms with Crippen LogP contribution in [0.15, 0.2) is 165 Å². The summed E-state index contributed by atoms with van der Waals surface area (Å²) in [6.45, 7) is 4.79. The Morgan fingerprint density at radius 2 is 1.22 bits per heavy atom. The maximum atomic E-state index is 14.2. The second kappa shape index (κ2) is 15.1. The summed E-state index contributed by atoms with van der Waals surface area (Å²) in [5.74, 6) is 1.42. The Morgan fingerprint density at radius 1 is 0.685 bits per heavy atom. The minimum atomic E-state index is -1.28.